The quantitative estimate of drug-likeness (QED) is 0.833. The number of likely N-dealkylation sites (tertiary alicyclic amines) is 1. The molecule has 1 aromatic rings. The number of hydrogen-bond donors (Lipinski definition) is 0. The lowest BCUT2D eigenvalue weighted by Crippen LogP contribution is -2.45. The van der Waals surface area contributed by atoms with Crippen molar-refractivity contribution in [1.29, 1.82) is 0 Å². The highest BCUT2D eigenvalue weighted by Crippen LogP contribution is 2.32. The van der Waals surface area contributed by atoms with Gasteiger partial charge < -0.3 is 9.64 Å². The van der Waals surface area contributed by atoms with Gasteiger partial charge in [-0.15, -0.1) is 0 Å². The lowest BCUT2D eigenvalue weighted by Gasteiger charge is -2.33. The molecular formula is C14H22N2OS. The summed E-state index contributed by atoms with van der Waals surface area (Å²) in [5, 5.41) is 4.44. The maximum absolute atomic E-state index is 6.04. The summed E-state index contributed by atoms with van der Waals surface area (Å²) in [7, 11) is 4.35. The third-order valence-electron chi connectivity index (χ3n) is 4.23. The van der Waals surface area contributed by atoms with E-state index in [0.717, 1.165) is 19.7 Å². The highest BCUT2D eigenvalue weighted by Gasteiger charge is 2.44. The van der Waals surface area contributed by atoms with Crippen molar-refractivity contribution in [1.82, 2.24) is 9.80 Å². The summed E-state index contributed by atoms with van der Waals surface area (Å²) in [6.45, 7) is 3.16. The molecule has 0 N–H and O–H groups in total. The lowest BCUT2D eigenvalue weighted by molar-refractivity contribution is -0.0343. The monoisotopic (exact) mass is 266 g/mol. The van der Waals surface area contributed by atoms with Crippen molar-refractivity contribution < 1.29 is 4.74 Å². The van der Waals surface area contributed by atoms with Crippen LogP contribution in [0.1, 0.15) is 18.4 Å². The van der Waals surface area contributed by atoms with Crippen molar-refractivity contribution >= 4 is 11.3 Å². The molecule has 100 valence electrons. The van der Waals surface area contributed by atoms with Crippen molar-refractivity contribution in [3.63, 3.8) is 0 Å². The van der Waals surface area contributed by atoms with E-state index < -0.39 is 0 Å². The molecule has 2 fully saturated rings. The number of hydrogen-bond acceptors (Lipinski definition) is 4. The molecule has 2 saturated heterocycles. The number of ether oxygens (including phenoxy) is 1. The van der Waals surface area contributed by atoms with Crippen LogP contribution in [0.5, 0.6) is 0 Å². The first-order valence-corrected chi connectivity index (χ1v) is 7.73. The second-order valence-corrected chi connectivity index (χ2v) is 6.42. The molecule has 2 aliphatic heterocycles. The van der Waals surface area contributed by atoms with Gasteiger partial charge in [0.15, 0.2) is 0 Å². The zero-order valence-electron chi connectivity index (χ0n) is 11.2. The number of rotatable bonds is 3. The summed E-state index contributed by atoms with van der Waals surface area (Å²) < 4.78 is 6.04. The predicted octanol–water partition coefficient (Wildman–Crippen LogP) is 2.04. The molecule has 0 bridgehead atoms. The molecule has 0 aliphatic carbocycles. The molecule has 1 aromatic heterocycles. The normalized spacial score (nSPS) is 32.9. The largest absolute Gasteiger partial charge is 0.375 e. The Kier molecular flexibility index (Phi) is 3.71. The van der Waals surface area contributed by atoms with Crippen LogP contribution in [0.3, 0.4) is 0 Å². The van der Waals surface area contributed by atoms with E-state index >= 15 is 0 Å². The molecule has 0 aromatic carbocycles. The van der Waals surface area contributed by atoms with Gasteiger partial charge in [0, 0.05) is 31.8 Å². The third kappa shape index (κ3) is 2.35. The molecule has 4 heteroatoms. The van der Waals surface area contributed by atoms with Crippen LogP contribution in [0.15, 0.2) is 16.8 Å². The maximum atomic E-state index is 6.04. The number of likely N-dealkylation sites (N-methyl/N-ethyl adjacent to an activating group) is 1. The summed E-state index contributed by atoms with van der Waals surface area (Å²) in [5.41, 5.74) is 1.45. The van der Waals surface area contributed by atoms with Crippen LogP contribution in [-0.2, 0) is 11.3 Å². The molecule has 3 atom stereocenters. The van der Waals surface area contributed by atoms with E-state index in [2.05, 4.69) is 40.7 Å². The van der Waals surface area contributed by atoms with Gasteiger partial charge in [0.1, 0.15) is 0 Å². The van der Waals surface area contributed by atoms with Crippen LogP contribution in [0.2, 0.25) is 0 Å². The summed E-state index contributed by atoms with van der Waals surface area (Å²) in [6, 6.07) is 3.41. The number of fused-ring (bicyclic) bond motifs is 1. The third-order valence-corrected chi connectivity index (χ3v) is 4.96. The average Bonchev–Trinajstić information content (AvgIpc) is 2.98. The Hall–Kier alpha value is -0.420. The molecule has 0 unspecified atom stereocenters. The summed E-state index contributed by atoms with van der Waals surface area (Å²) >= 11 is 1.79. The van der Waals surface area contributed by atoms with Crippen LogP contribution in [-0.4, -0.2) is 55.2 Å². The summed E-state index contributed by atoms with van der Waals surface area (Å²) in [5.74, 6) is 0. The highest BCUT2D eigenvalue weighted by atomic mass is 32.1. The van der Waals surface area contributed by atoms with Crippen LogP contribution >= 0.6 is 11.3 Å². The van der Waals surface area contributed by atoms with Gasteiger partial charge in [-0.25, -0.2) is 0 Å². The van der Waals surface area contributed by atoms with Gasteiger partial charge in [-0.3, -0.25) is 4.90 Å². The lowest BCUT2D eigenvalue weighted by atomic mass is 10.0. The minimum Gasteiger partial charge on any atom is -0.375 e. The van der Waals surface area contributed by atoms with Crippen molar-refractivity contribution in [2.45, 2.75) is 37.6 Å². The SMILES string of the molecule is CN(C)[C@@H]1CN(Cc2ccsc2)[C@@H]2CCCO[C@H]12. The van der Waals surface area contributed by atoms with Gasteiger partial charge in [-0.05, 0) is 49.3 Å². The van der Waals surface area contributed by atoms with Crippen LogP contribution in [0, 0.1) is 0 Å². The predicted molar refractivity (Wildman–Crippen MR) is 75.0 cm³/mol. The zero-order valence-corrected chi connectivity index (χ0v) is 12.0. The Morgan fingerprint density at radius 3 is 3.11 bits per heavy atom. The zero-order chi connectivity index (χ0) is 12.5. The average molecular weight is 266 g/mol. The molecule has 3 nitrogen and oxygen atoms in total. The van der Waals surface area contributed by atoms with E-state index in [1.54, 1.807) is 11.3 Å². The van der Waals surface area contributed by atoms with Crippen molar-refractivity contribution in [3.05, 3.63) is 22.4 Å². The maximum Gasteiger partial charge on any atom is 0.0897 e. The Morgan fingerprint density at radius 1 is 1.50 bits per heavy atom. The Bertz CT molecular complexity index is 379. The molecule has 2 aliphatic rings. The topological polar surface area (TPSA) is 15.7 Å². The molecule has 0 saturated carbocycles. The van der Waals surface area contributed by atoms with Gasteiger partial charge in [-0.2, -0.15) is 11.3 Å². The van der Waals surface area contributed by atoms with Crippen molar-refractivity contribution in [3.8, 4) is 0 Å². The van der Waals surface area contributed by atoms with Gasteiger partial charge in [0.2, 0.25) is 0 Å². The van der Waals surface area contributed by atoms with Gasteiger partial charge >= 0.3 is 0 Å². The smallest absolute Gasteiger partial charge is 0.0897 e. The molecule has 3 rings (SSSR count). The van der Waals surface area contributed by atoms with E-state index in [4.69, 9.17) is 4.74 Å². The summed E-state index contributed by atoms with van der Waals surface area (Å²) in [6.07, 6.45) is 2.91. The van der Waals surface area contributed by atoms with Crippen molar-refractivity contribution in [2.75, 3.05) is 27.2 Å². The number of thiophene rings is 1. The van der Waals surface area contributed by atoms with Gasteiger partial charge in [0.25, 0.3) is 0 Å². The van der Waals surface area contributed by atoms with Crippen LogP contribution < -0.4 is 0 Å². The minimum absolute atomic E-state index is 0.410. The standard InChI is InChI=1S/C14H22N2OS/c1-15(2)13-9-16(8-11-5-7-18-10-11)12-4-3-6-17-14(12)13/h5,7,10,12-14H,3-4,6,8-9H2,1-2H3/t12-,13-,14+/m1/s1. The molecule has 0 spiro atoms. The van der Waals surface area contributed by atoms with E-state index in [-0.39, 0.29) is 0 Å². The second kappa shape index (κ2) is 5.29. The first-order valence-electron chi connectivity index (χ1n) is 6.79. The fourth-order valence-electron chi connectivity index (χ4n) is 3.28. The molecule has 0 radical (unpaired) electrons. The van der Waals surface area contributed by atoms with Gasteiger partial charge in [-0.1, -0.05) is 0 Å². The molecule has 0 amide bonds. The van der Waals surface area contributed by atoms with Crippen molar-refractivity contribution in [2.24, 2.45) is 0 Å². The molecular weight excluding hydrogens is 244 g/mol. The molecule has 18 heavy (non-hydrogen) atoms. The molecule has 3 heterocycles. The van der Waals surface area contributed by atoms with E-state index in [1.807, 2.05) is 0 Å². The fraction of sp³-hybridized carbons (Fsp3) is 0.714. The second-order valence-electron chi connectivity index (χ2n) is 5.64. The van der Waals surface area contributed by atoms with Crippen LogP contribution in [0.25, 0.3) is 0 Å². The number of nitrogens with zero attached hydrogens (tertiary/aromatic N) is 2. The van der Waals surface area contributed by atoms with Crippen LogP contribution in [0.4, 0.5) is 0 Å². The first-order chi connectivity index (χ1) is 8.75. The minimum atomic E-state index is 0.410. The Morgan fingerprint density at radius 2 is 2.39 bits per heavy atom. The highest BCUT2D eigenvalue weighted by molar-refractivity contribution is 7.07. The van der Waals surface area contributed by atoms with Gasteiger partial charge in [0.05, 0.1) is 6.10 Å². The van der Waals surface area contributed by atoms with E-state index in [0.29, 0.717) is 18.2 Å². The Labute approximate surface area is 113 Å². The summed E-state index contributed by atoms with van der Waals surface area (Å²) in [4.78, 5) is 4.95. The van der Waals surface area contributed by atoms with E-state index in [9.17, 15) is 0 Å². The fourth-order valence-corrected chi connectivity index (χ4v) is 3.94. The van der Waals surface area contributed by atoms with E-state index in [1.165, 1.54) is 18.4 Å². The first kappa shape index (κ1) is 12.6. The Balaban J connectivity index is 1.74.